The van der Waals surface area contributed by atoms with Crippen molar-refractivity contribution in [2.45, 2.75) is 71.6 Å². The Bertz CT molecular complexity index is 427. The summed E-state index contributed by atoms with van der Waals surface area (Å²) in [6.07, 6.45) is 11.4. The highest BCUT2D eigenvalue weighted by atomic mass is 35.5. The minimum atomic E-state index is 0.315. The molecule has 1 rings (SSSR count). The van der Waals surface area contributed by atoms with Gasteiger partial charge in [0.05, 0.1) is 10.0 Å². The molecule has 0 aliphatic rings. The summed E-state index contributed by atoms with van der Waals surface area (Å²) in [4.78, 5) is 0. The summed E-state index contributed by atoms with van der Waals surface area (Å²) in [6.45, 7) is 4.69. The maximum atomic E-state index is 6.10. The van der Waals surface area contributed by atoms with Crippen molar-refractivity contribution in [3.8, 4) is 0 Å². The van der Waals surface area contributed by atoms with Crippen LogP contribution in [0.15, 0.2) is 18.2 Å². The van der Waals surface area contributed by atoms with Crippen LogP contribution in [-0.2, 0) is 6.42 Å². The van der Waals surface area contributed by atoms with Crippen molar-refractivity contribution in [3.05, 3.63) is 33.8 Å². The van der Waals surface area contributed by atoms with Gasteiger partial charge in [0.2, 0.25) is 0 Å². The molecule has 3 heteroatoms. The highest BCUT2D eigenvalue weighted by Crippen LogP contribution is 2.31. The average Bonchev–Trinajstić information content (AvgIpc) is 2.45. The lowest BCUT2D eigenvalue weighted by atomic mass is 9.81. The van der Waals surface area contributed by atoms with Gasteiger partial charge in [-0.1, -0.05) is 81.6 Å². The Labute approximate surface area is 151 Å². The molecule has 1 aromatic rings. The van der Waals surface area contributed by atoms with Gasteiger partial charge in [-0.05, 0) is 42.4 Å². The van der Waals surface area contributed by atoms with Crippen LogP contribution in [0.25, 0.3) is 0 Å². The predicted octanol–water partition coefficient (Wildman–Crippen LogP) is 7.92. The van der Waals surface area contributed by atoms with Crippen molar-refractivity contribution >= 4 is 34.8 Å². The van der Waals surface area contributed by atoms with E-state index in [1.165, 1.54) is 50.5 Å². The average molecular weight is 364 g/mol. The molecule has 0 saturated heterocycles. The van der Waals surface area contributed by atoms with Crippen molar-refractivity contribution in [2.75, 3.05) is 5.88 Å². The molecular formula is C19H29Cl3. The third-order valence-corrected chi connectivity index (χ3v) is 5.16. The molecule has 0 unspecified atom stereocenters. The van der Waals surface area contributed by atoms with E-state index < -0.39 is 0 Å². The molecule has 22 heavy (non-hydrogen) atoms. The first-order chi connectivity index (χ1) is 10.4. The van der Waals surface area contributed by atoms with Gasteiger partial charge in [-0.25, -0.2) is 0 Å². The van der Waals surface area contributed by atoms with Gasteiger partial charge in [0.25, 0.3) is 0 Å². The first kappa shape index (κ1) is 20.1. The van der Waals surface area contributed by atoms with Gasteiger partial charge in [-0.2, -0.15) is 0 Å². The van der Waals surface area contributed by atoms with Crippen LogP contribution in [0.2, 0.25) is 10.0 Å². The Balaban J connectivity index is 2.21. The Kier molecular flexibility index (Phi) is 9.87. The molecule has 0 bridgehead atoms. The molecule has 0 amide bonds. The highest BCUT2D eigenvalue weighted by Gasteiger charge is 2.18. The molecular weight excluding hydrogens is 335 g/mol. The lowest BCUT2D eigenvalue weighted by Crippen LogP contribution is -2.15. The number of halogens is 3. The molecule has 0 atom stereocenters. The second kappa shape index (κ2) is 10.8. The zero-order valence-corrected chi connectivity index (χ0v) is 16.2. The molecule has 0 nitrogen and oxygen atoms in total. The van der Waals surface area contributed by atoms with E-state index in [4.69, 9.17) is 34.8 Å². The Morgan fingerprint density at radius 3 is 2.00 bits per heavy atom. The highest BCUT2D eigenvalue weighted by molar-refractivity contribution is 6.42. The smallest absolute Gasteiger partial charge is 0.0595 e. The molecule has 1 aromatic carbocycles. The molecule has 0 aliphatic carbocycles. The quantitative estimate of drug-likeness (QED) is 0.276. The molecule has 0 fully saturated rings. The molecule has 0 saturated carbocycles. The van der Waals surface area contributed by atoms with E-state index in [-0.39, 0.29) is 0 Å². The fourth-order valence-electron chi connectivity index (χ4n) is 2.87. The lowest BCUT2D eigenvalue weighted by molar-refractivity contribution is 0.316. The van der Waals surface area contributed by atoms with Crippen molar-refractivity contribution in [1.82, 2.24) is 0 Å². The minimum absolute atomic E-state index is 0.315. The number of unbranched alkanes of at least 4 members (excludes halogenated alkanes) is 6. The molecule has 0 radical (unpaired) electrons. The summed E-state index contributed by atoms with van der Waals surface area (Å²) >= 11 is 17.8. The van der Waals surface area contributed by atoms with Crippen LogP contribution in [0.5, 0.6) is 0 Å². The first-order valence-electron chi connectivity index (χ1n) is 8.44. The summed E-state index contributed by atoms with van der Waals surface area (Å²) in [6, 6.07) is 5.99. The van der Waals surface area contributed by atoms with Gasteiger partial charge in [0.1, 0.15) is 0 Å². The van der Waals surface area contributed by atoms with Crippen LogP contribution in [0.4, 0.5) is 0 Å². The zero-order chi connectivity index (χ0) is 16.4. The van der Waals surface area contributed by atoms with Crippen LogP contribution in [0.3, 0.4) is 0 Å². The third kappa shape index (κ3) is 8.65. The fraction of sp³-hybridized carbons (Fsp3) is 0.684. The number of hydrogen-bond donors (Lipinski definition) is 0. The fourth-order valence-corrected chi connectivity index (χ4v) is 3.38. The largest absolute Gasteiger partial charge is 0.127 e. The van der Waals surface area contributed by atoms with Crippen LogP contribution >= 0.6 is 34.8 Å². The van der Waals surface area contributed by atoms with E-state index in [9.17, 15) is 0 Å². The second-order valence-electron chi connectivity index (χ2n) is 7.00. The Morgan fingerprint density at radius 1 is 0.818 bits per heavy atom. The monoisotopic (exact) mass is 362 g/mol. The maximum Gasteiger partial charge on any atom is 0.0595 e. The standard InChI is InChI=1S/C19H29Cl3/c1-19(2,12-8-6-4-3-5-7-9-13-20)15-16-10-11-17(21)18(22)14-16/h10-11,14H,3-9,12-13,15H2,1-2H3. The van der Waals surface area contributed by atoms with Crippen LogP contribution < -0.4 is 0 Å². The summed E-state index contributed by atoms with van der Waals surface area (Å²) < 4.78 is 0. The van der Waals surface area contributed by atoms with Gasteiger partial charge in [-0.15, -0.1) is 11.6 Å². The normalized spacial score (nSPS) is 11.9. The van der Waals surface area contributed by atoms with Gasteiger partial charge in [-0.3, -0.25) is 0 Å². The summed E-state index contributed by atoms with van der Waals surface area (Å²) in [7, 11) is 0. The van der Waals surface area contributed by atoms with E-state index in [1.54, 1.807) is 0 Å². The Hall–Kier alpha value is 0.0900. The predicted molar refractivity (Wildman–Crippen MR) is 102 cm³/mol. The second-order valence-corrected chi connectivity index (χ2v) is 8.20. The van der Waals surface area contributed by atoms with Crippen LogP contribution in [0, 0.1) is 5.41 Å². The molecule has 0 heterocycles. The number of hydrogen-bond acceptors (Lipinski definition) is 0. The zero-order valence-electron chi connectivity index (χ0n) is 13.9. The summed E-state index contributed by atoms with van der Waals surface area (Å²) in [5, 5.41) is 1.30. The lowest BCUT2D eigenvalue weighted by Gasteiger charge is -2.25. The van der Waals surface area contributed by atoms with Crippen molar-refractivity contribution in [2.24, 2.45) is 5.41 Å². The van der Waals surface area contributed by atoms with Gasteiger partial charge in [0.15, 0.2) is 0 Å². The topological polar surface area (TPSA) is 0 Å². The van der Waals surface area contributed by atoms with E-state index in [1.807, 2.05) is 12.1 Å². The van der Waals surface area contributed by atoms with Gasteiger partial charge < -0.3 is 0 Å². The Morgan fingerprint density at radius 2 is 1.41 bits per heavy atom. The number of alkyl halides is 1. The molecule has 0 spiro atoms. The van der Waals surface area contributed by atoms with Crippen molar-refractivity contribution in [1.29, 1.82) is 0 Å². The van der Waals surface area contributed by atoms with Gasteiger partial charge in [0, 0.05) is 5.88 Å². The molecule has 0 aromatic heterocycles. The van der Waals surface area contributed by atoms with Crippen LogP contribution in [-0.4, -0.2) is 5.88 Å². The third-order valence-electron chi connectivity index (χ3n) is 4.15. The minimum Gasteiger partial charge on any atom is -0.127 e. The van der Waals surface area contributed by atoms with E-state index in [0.29, 0.717) is 15.5 Å². The SMILES string of the molecule is CC(C)(CCCCCCCCCCl)Cc1ccc(Cl)c(Cl)c1. The van der Waals surface area contributed by atoms with E-state index >= 15 is 0 Å². The molecule has 0 aliphatic heterocycles. The van der Waals surface area contributed by atoms with Crippen LogP contribution in [0.1, 0.15) is 70.8 Å². The summed E-state index contributed by atoms with van der Waals surface area (Å²) in [5.41, 5.74) is 1.59. The molecule has 0 N–H and O–H groups in total. The van der Waals surface area contributed by atoms with Crippen molar-refractivity contribution in [3.63, 3.8) is 0 Å². The van der Waals surface area contributed by atoms with E-state index in [2.05, 4.69) is 19.9 Å². The summed E-state index contributed by atoms with van der Waals surface area (Å²) in [5.74, 6) is 0.808. The number of benzene rings is 1. The van der Waals surface area contributed by atoms with Gasteiger partial charge >= 0.3 is 0 Å². The van der Waals surface area contributed by atoms with Crippen molar-refractivity contribution < 1.29 is 0 Å². The number of rotatable bonds is 11. The maximum absolute atomic E-state index is 6.10. The van der Waals surface area contributed by atoms with E-state index in [0.717, 1.165) is 18.7 Å². The molecule has 126 valence electrons. The first-order valence-corrected chi connectivity index (χ1v) is 9.73.